The lowest BCUT2D eigenvalue weighted by Crippen LogP contribution is -2.22. The van der Waals surface area contributed by atoms with Crippen molar-refractivity contribution in [2.75, 3.05) is 13.7 Å². The van der Waals surface area contributed by atoms with Crippen molar-refractivity contribution in [3.63, 3.8) is 0 Å². The largest absolute Gasteiger partial charge is 0.493 e. The molecule has 2 rings (SSSR count). The van der Waals surface area contributed by atoms with Crippen LogP contribution in [0.3, 0.4) is 0 Å². The normalized spacial score (nSPS) is 10.5. The molecule has 5 nitrogen and oxygen atoms in total. The summed E-state index contributed by atoms with van der Waals surface area (Å²) in [6.45, 7) is 0.354. The van der Waals surface area contributed by atoms with Crippen LogP contribution in [0.4, 0.5) is 0 Å². The summed E-state index contributed by atoms with van der Waals surface area (Å²) in [7, 11) is 1.54. The number of ether oxygens (including phenoxy) is 2. The van der Waals surface area contributed by atoms with Crippen LogP contribution >= 0.6 is 23.2 Å². The smallest absolute Gasteiger partial charge is 0.317 e. The Hall–Kier alpha value is -1.95. The highest BCUT2D eigenvalue weighted by Crippen LogP contribution is 2.33. The van der Waals surface area contributed by atoms with E-state index in [2.05, 4.69) is 5.32 Å². The van der Waals surface area contributed by atoms with Crippen LogP contribution in [0.25, 0.3) is 0 Å². The third kappa shape index (κ3) is 4.77. The van der Waals surface area contributed by atoms with Crippen LogP contribution in [-0.4, -0.2) is 24.7 Å². The highest BCUT2D eigenvalue weighted by atomic mass is 35.5. The Balaban J connectivity index is 2.19. The van der Waals surface area contributed by atoms with E-state index in [1.165, 1.54) is 0 Å². The van der Waals surface area contributed by atoms with Crippen molar-refractivity contribution in [1.82, 2.24) is 5.32 Å². The Morgan fingerprint density at radius 2 is 1.83 bits per heavy atom. The second kappa shape index (κ2) is 8.78. The number of aliphatic carboxylic acids is 1. The van der Waals surface area contributed by atoms with Gasteiger partial charge in [-0.2, -0.15) is 0 Å². The zero-order valence-electron chi connectivity index (χ0n) is 13.0. The number of nitrogens with one attached hydrogen (secondary N) is 1. The van der Waals surface area contributed by atoms with Crippen LogP contribution in [0.15, 0.2) is 36.4 Å². The SMILES string of the molecule is COc1cccc(CNCC(=O)O)c1OCc1c(Cl)cccc1Cl. The highest BCUT2D eigenvalue weighted by Gasteiger charge is 2.13. The number of carboxylic acid groups (broad SMARTS) is 1. The van der Waals surface area contributed by atoms with Gasteiger partial charge in [-0.05, 0) is 18.2 Å². The topological polar surface area (TPSA) is 67.8 Å². The van der Waals surface area contributed by atoms with Gasteiger partial charge in [0.25, 0.3) is 0 Å². The Labute approximate surface area is 150 Å². The molecule has 0 heterocycles. The van der Waals surface area contributed by atoms with Gasteiger partial charge in [0, 0.05) is 27.7 Å². The van der Waals surface area contributed by atoms with Crippen LogP contribution in [0.2, 0.25) is 10.0 Å². The fourth-order valence-electron chi connectivity index (χ4n) is 2.14. The quantitative estimate of drug-likeness (QED) is 0.741. The predicted octanol–water partition coefficient (Wildman–Crippen LogP) is 3.76. The van der Waals surface area contributed by atoms with Crippen molar-refractivity contribution in [2.24, 2.45) is 0 Å². The summed E-state index contributed by atoms with van der Waals surface area (Å²) in [6, 6.07) is 10.7. The molecule has 0 aliphatic rings. The maximum absolute atomic E-state index is 10.6. The minimum atomic E-state index is -0.928. The zero-order chi connectivity index (χ0) is 17.5. The van der Waals surface area contributed by atoms with Crippen molar-refractivity contribution < 1.29 is 19.4 Å². The van der Waals surface area contributed by atoms with E-state index in [9.17, 15) is 4.79 Å². The summed E-state index contributed by atoms with van der Waals surface area (Å²) in [5.74, 6) is 0.143. The average Bonchev–Trinajstić information content (AvgIpc) is 2.54. The van der Waals surface area contributed by atoms with E-state index >= 15 is 0 Å². The molecular weight excluding hydrogens is 353 g/mol. The van der Waals surface area contributed by atoms with Crippen LogP contribution < -0.4 is 14.8 Å². The molecule has 0 bridgehead atoms. The van der Waals surface area contributed by atoms with Gasteiger partial charge in [0.05, 0.1) is 13.7 Å². The first kappa shape index (κ1) is 18.4. The van der Waals surface area contributed by atoms with E-state index in [-0.39, 0.29) is 13.2 Å². The number of hydrogen-bond acceptors (Lipinski definition) is 4. The van der Waals surface area contributed by atoms with Gasteiger partial charge in [-0.15, -0.1) is 0 Å². The van der Waals surface area contributed by atoms with Crippen molar-refractivity contribution in [1.29, 1.82) is 0 Å². The molecule has 0 saturated carbocycles. The van der Waals surface area contributed by atoms with Crippen molar-refractivity contribution in [2.45, 2.75) is 13.2 Å². The van der Waals surface area contributed by atoms with Crippen LogP contribution in [-0.2, 0) is 17.9 Å². The molecule has 0 fully saturated rings. The third-order valence-corrected chi connectivity index (χ3v) is 4.00. The number of benzene rings is 2. The van der Waals surface area contributed by atoms with E-state index in [4.69, 9.17) is 37.8 Å². The fraction of sp³-hybridized carbons (Fsp3) is 0.235. The molecule has 0 aromatic heterocycles. The zero-order valence-corrected chi connectivity index (χ0v) is 14.5. The van der Waals surface area contributed by atoms with Gasteiger partial charge in [-0.3, -0.25) is 4.79 Å². The number of carboxylic acids is 1. The number of rotatable bonds is 8. The molecule has 0 aliphatic carbocycles. The Bertz CT molecular complexity index is 701. The third-order valence-electron chi connectivity index (χ3n) is 3.29. The molecule has 128 valence electrons. The molecule has 0 radical (unpaired) electrons. The summed E-state index contributed by atoms with van der Waals surface area (Å²) in [5.41, 5.74) is 1.45. The molecule has 24 heavy (non-hydrogen) atoms. The van der Waals surface area contributed by atoms with Gasteiger partial charge in [-0.25, -0.2) is 0 Å². The lowest BCUT2D eigenvalue weighted by Gasteiger charge is -2.16. The van der Waals surface area contributed by atoms with E-state index in [1.807, 2.05) is 12.1 Å². The Morgan fingerprint density at radius 3 is 2.46 bits per heavy atom. The van der Waals surface area contributed by atoms with Crippen molar-refractivity contribution in [3.8, 4) is 11.5 Å². The molecule has 0 spiro atoms. The Morgan fingerprint density at radius 1 is 1.17 bits per heavy atom. The number of halogens is 2. The second-order valence-corrected chi connectivity index (χ2v) is 5.75. The second-order valence-electron chi connectivity index (χ2n) is 4.93. The minimum Gasteiger partial charge on any atom is -0.493 e. The molecule has 0 aliphatic heterocycles. The molecule has 2 N–H and O–H groups in total. The Kier molecular flexibility index (Phi) is 6.73. The molecule has 0 saturated heterocycles. The van der Waals surface area contributed by atoms with E-state index in [1.54, 1.807) is 31.4 Å². The summed E-state index contributed by atoms with van der Waals surface area (Å²) < 4.78 is 11.2. The summed E-state index contributed by atoms with van der Waals surface area (Å²) in [5, 5.41) is 12.6. The molecule has 0 atom stereocenters. The predicted molar refractivity (Wildman–Crippen MR) is 93.1 cm³/mol. The van der Waals surface area contributed by atoms with Crippen molar-refractivity contribution >= 4 is 29.2 Å². The van der Waals surface area contributed by atoms with Crippen molar-refractivity contribution in [3.05, 3.63) is 57.6 Å². The average molecular weight is 370 g/mol. The number of hydrogen-bond donors (Lipinski definition) is 2. The monoisotopic (exact) mass is 369 g/mol. The standard InChI is InChI=1S/C17H17Cl2NO4/c1-23-15-7-2-4-11(8-20-9-16(21)22)17(15)24-10-12-13(18)5-3-6-14(12)19/h2-7,20H,8-10H2,1H3,(H,21,22). The summed E-state index contributed by atoms with van der Waals surface area (Å²) in [4.78, 5) is 10.6. The van der Waals surface area contributed by atoms with Gasteiger partial charge in [0.15, 0.2) is 11.5 Å². The molecule has 2 aromatic carbocycles. The lowest BCUT2D eigenvalue weighted by atomic mass is 10.1. The van der Waals surface area contributed by atoms with E-state index < -0.39 is 5.97 Å². The molecule has 0 unspecified atom stereocenters. The maximum Gasteiger partial charge on any atom is 0.317 e. The lowest BCUT2D eigenvalue weighted by molar-refractivity contribution is -0.136. The first-order chi connectivity index (χ1) is 11.5. The van der Waals surface area contributed by atoms with Crippen LogP contribution in [0.5, 0.6) is 11.5 Å². The first-order valence-corrected chi connectivity index (χ1v) is 7.92. The minimum absolute atomic E-state index is 0.146. The van der Waals surface area contributed by atoms with Crippen LogP contribution in [0, 0.1) is 0 Å². The summed E-state index contributed by atoms with van der Waals surface area (Å²) >= 11 is 12.3. The number of carbonyl (C=O) groups is 1. The molecule has 7 heteroatoms. The van der Waals surface area contributed by atoms with Gasteiger partial charge >= 0.3 is 5.97 Å². The summed E-state index contributed by atoms with van der Waals surface area (Å²) in [6.07, 6.45) is 0. The highest BCUT2D eigenvalue weighted by molar-refractivity contribution is 6.35. The van der Waals surface area contributed by atoms with Gasteiger partial charge in [0.1, 0.15) is 6.61 Å². The molecule has 0 amide bonds. The van der Waals surface area contributed by atoms with Gasteiger partial charge < -0.3 is 19.9 Å². The van der Waals surface area contributed by atoms with Gasteiger partial charge in [0.2, 0.25) is 0 Å². The van der Waals surface area contributed by atoms with E-state index in [0.717, 1.165) is 5.56 Å². The first-order valence-electron chi connectivity index (χ1n) is 7.17. The molecular formula is C17H17Cl2NO4. The van der Waals surface area contributed by atoms with Gasteiger partial charge in [-0.1, -0.05) is 41.4 Å². The maximum atomic E-state index is 10.6. The van der Waals surface area contributed by atoms with Crippen LogP contribution in [0.1, 0.15) is 11.1 Å². The molecule has 2 aromatic rings. The fourth-order valence-corrected chi connectivity index (χ4v) is 2.65. The number of methoxy groups -OCH3 is 1. The van der Waals surface area contributed by atoms with E-state index in [0.29, 0.717) is 33.7 Å². The number of para-hydroxylation sites is 1.